The van der Waals surface area contributed by atoms with Gasteiger partial charge in [-0.15, -0.1) is 0 Å². The number of benzene rings is 1. The molecule has 1 N–H and O–H groups in total. The van der Waals surface area contributed by atoms with Crippen LogP contribution in [0.5, 0.6) is 0 Å². The van der Waals surface area contributed by atoms with Gasteiger partial charge in [0.15, 0.2) is 0 Å². The van der Waals surface area contributed by atoms with Crippen LogP contribution >= 0.6 is 0 Å². The van der Waals surface area contributed by atoms with E-state index in [0.717, 1.165) is 12.1 Å². The number of nitrogens with zero attached hydrogens (tertiary/aromatic N) is 1. The Balaban J connectivity index is 2.83. The molecule has 1 aromatic carbocycles. The normalized spacial score (nSPS) is 11.7. The molecule has 8 heteroatoms. The van der Waals surface area contributed by atoms with E-state index >= 15 is 0 Å². The van der Waals surface area contributed by atoms with Gasteiger partial charge in [0.1, 0.15) is 5.56 Å². The molecular weight excluding hydrogens is 277 g/mol. The van der Waals surface area contributed by atoms with Crippen molar-refractivity contribution >= 4 is 11.4 Å². The van der Waals surface area contributed by atoms with Crippen molar-refractivity contribution in [1.82, 2.24) is 0 Å². The highest BCUT2D eigenvalue weighted by molar-refractivity contribution is 5.55. The summed E-state index contributed by atoms with van der Waals surface area (Å²) in [4.78, 5) is 9.53. The van der Waals surface area contributed by atoms with E-state index in [1.807, 2.05) is 13.8 Å². The molecule has 0 aromatic heterocycles. The van der Waals surface area contributed by atoms with E-state index in [-0.39, 0.29) is 11.8 Å². The summed E-state index contributed by atoms with van der Waals surface area (Å²) < 4.78 is 43.4. The van der Waals surface area contributed by atoms with Crippen LogP contribution in [-0.2, 0) is 10.9 Å². The summed E-state index contributed by atoms with van der Waals surface area (Å²) in [6.07, 6.45) is -4.74. The Morgan fingerprint density at radius 1 is 1.40 bits per heavy atom. The molecular formula is C12H15F3N2O3. The first-order valence-corrected chi connectivity index (χ1v) is 5.93. The first-order valence-electron chi connectivity index (χ1n) is 5.93. The molecule has 0 aliphatic heterocycles. The minimum atomic E-state index is -4.77. The monoisotopic (exact) mass is 292 g/mol. The molecule has 5 nitrogen and oxygen atoms in total. The number of alkyl halides is 3. The van der Waals surface area contributed by atoms with Crippen molar-refractivity contribution in [2.45, 2.75) is 26.1 Å². The van der Waals surface area contributed by atoms with Gasteiger partial charge in [0, 0.05) is 18.3 Å². The first-order chi connectivity index (χ1) is 9.21. The van der Waals surface area contributed by atoms with E-state index in [9.17, 15) is 23.3 Å². The zero-order valence-corrected chi connectivity index (χ0v) is 11.0. The van der Waals surface area contributed by atoms with Crippen molar-refractivity contribution in [2.75, 3.05) is 18.5 Å². The molecule has 0 unspecified atom stereocenters. The maximum atomic E-state index is 12.7. The lowest BCUT2D eigenvalue weighted by atomic mass is 10.1. The third-order valence-electron chi connectivity index (χ3n) is 2.38. The lowest BCUT2D eigenvalue weighted by molar-refractivity contribution is -0.388. The molecule has 0 saturated carbocycles. The quantitative estimate of drug-likeness (QED) is 0.495. The Labute approximate surface area is 113 Å². The second-order valence-corrected chi connectivity index (χ2v) is 4.33. The van der Waals surface area contributed by atoms with Gasteiger partial charge in [-0.2, -0.15) is 13.2 Å². The molecule has 0 radical (unpaired) electrons. The number of nitro benzene ring substituents is 1. The summed E-state index contributed by atoms with van der Waals surface area (Å²) in [5, 5.41) is 13.3. The highest BCUT2D eigenvalue weighted by Gasteiger charge is 2.38. The molecule has 0 heterocycles. The standard InChI is InChI=1S/C12H15F3N2O3/c1-8(2)20-6-5-16-9-3-4-11(17(18)19)10(7-9)12(13,14)15/h3-4,7-8,16H,5-6H2,1-2H3. The molecule has 0 amide bonds. The average molecular weight is 292 g/mol. The number of rotatable bonds is 6. The van der Waals surface area contributed by atoms with Gasteiger partial charge < -0.3 is 10.1 Å². The van der Waals surface area contributed by atoms with E-state index in [0.29, 0.717) is 13.2 Å². The molecule has 0 saturated heterocycles. The fourth-order valence-corrected chi connectivity index (χ4v) is 1.52. The summed E-state index contributed by atoms with van der Waals surface area (Å²) in [5.41, 5.74) is -2.06. The van der Waals surface area contributed by atoms with Crippen molar-refractivity contribution in [3.05, 3.63) is 33.9 Å². The minimum Gasteiger partial charge on any atom is -0.383 e. The van der Waals surface area contributed by atoms with Gasteiger partial charge in [-0.3, -0.25) is 10.1 Å². The number of halogens is 3. The lowest BCUT2D eigenvalue weighted by Gasteiger charge is -2.12. The smallest absolute Gasteiger partial charge is 0.383 e. The molecule has 0 spiro atoms. The van der Waals surface area contributed by atoms with Crippen molar-refractivity contribution in [3.8, 4) is 0 Å². The fourth-order valence-electron chi connectivity index (χ4n) is 1.52. The third-order valence-corrected chi connectivity index (χ3v) is 2.38. The van der Waals surface area contributed by atoms with Crippen LogP contribution in [0.15, 0.2) is 18.2 Å². The van der Waals surface area contributed by atoms with Crippen LogP contribution in [0.4, 0.5) is 24.5 Å². The lowest BCUT2D eigenvalue weighted by Crippen LogP contribution is -2.14. The third kappa shape index (κ3) is 4.69. The summed E-state index contributed by atoms with van der Waals surface area (Å²) in [5.74, 6) is 0. The highest BCUT2D eigenvalue weighted by Crippen LogP contribution is 2.37. The molecule has 1 aromatic rings. The molecule has 0 aliphatic rings. The van der Waals surface area contributed by atoms with E-state index in [1.165, 1.54) is 6.07 Å². The zero-order valence-electron chi connectivity index (χ0n) is 11.0. The van der Waals surface area contributed by atoms with Gasteiger partial charge >= 0.3 is 6.18 Å². The van der Waals surface area contributed by atoms with Crippen LogP contribution in [0.2, 0.25) is 0 Å². The average Bonchev–Trinajstić information content (AvgIpc) is 2.33. The molecule has 0 atom stereocenters. The summed E-state index contributed by atoms with van der Waals surface area (Å²) in [6, 6.07) is 2.81. The van der Waals surface area contributed by atoms with Crippen LogP contribution < -0.4 is 5.32 Å². The number of ether oxygens (including phenoxy) is 1. The Bertz CT molecular complexity index is 476. The topological polar surface area (TPSA) is 64.4 Å². The largest absolute Gasteiger partial charge is 0.423 e. The van der Waals surface area contributed by atoms with Crippen LogP contribution in [0.25, 0.3) is 0 Å². The second-order valence-electron chi connectivity index (χ2n) is 4.33. The maximum Gasteiger partial charge on any atom is 0.423 e. The molecule has 0 aliphatic carbocycles. The van der Waals surface area contributed by atoms with Crippen LogP contribution in [0, 0.1) is 10.1 Å². The summed E-state index contributed by atoms with van der Waals surface area (Å²) >= 11 is 0. The summed E-state index contributed by atoms with van der Waals surface area (Å²) in [6.45, 7) is 4.32. The van der Waals surface area contributed by atoms with Crippen LogP contribution in [0.3, 0.4) is 0 Å². The molecule has 0 fully saturated rings. The van der Waals surface area contributed by atoms with E-state index in [2.05, 4.69) is 5.32 Å². The Morgan fingerprint density at radius 3 is 2.55 bits per heavy atom. The van der Waals surface area contributed by atoms with Gasteiger partial charge in [0.25, 0.3) is 5.69 Å². The Kier molecular flexibility index (Phi) is 5.32. The maximum absolute atomic E-state index is 12.7. The second kappa shape index (κ2) is 6.56. The van der Waals surface area contributed by atoms with Crippen molar-refractivity contribution in [3.63, 3.8) is 0 Å². The SMILES string of the molecule is CC(C)OCCNc1ccc([N+](=O)[O-])c(C(F)(F)F)c1. The fraction of sp³-hybridized carbons (Fsp3) is 0.500. The van der Waals surface area contributed by atoms with Gasteiger partial charge in [-0.05, 0) is 26.0 Å². The van der Waals surface area contributed by atoms with Gasteiger partial charge in [-0.25, -0.2) is 0 Å². The predicted molar refractivity (Wildman–Crippen MR) is 67.7 cm³/mol. The highest BCUT2D eigenvalue weighted by atomic mass is 19.4. The van der Waals surface area contributed by atoms with Crippen molar-refractivity contribution < 1.29 is 22.8 Å². The zero-order chi connectivity index (χ0) is 15.3. The molecule has 0 bridgehead atoms. The molecule has 1 rings (SSSR count). The Hall–Kier alpha value is -1.83. The number of nitrogens with one attached hydrogen (secondary N) is 1. The van der Waals surface area contributed by atoms with Gasteiger partial charge in [0.2, 0.25) is 0 Å². The van der Waals surface area contributed by atoms with E-state index in [1.54, 1.807) is 0 Å². The van der Waals surface area contributed by atoms with E-state index < -0.39 is 22.4 Å². The van der Waals surface area contributed by atoms with Crippen LogP contribution in [-0.4, -0.2) is 24.2 Å². The van der Waals surface area contributed by atoms with Crippen molar-refractivity contribution in [1.29, 1.82) is 0 Å². The first kappa shape index (κ1) is 16.2. The van der Waals surface area contributed by atoms with Crippen LogP contribution in [0.1, 0.15) is 19.4 Å². The number of hydrogen-bond acceptors (Lipinski definition) is 4. The van der Waals surface area contributed by atoms with Gasteiger partial charge in [-0.1, -0.05) is 0 Å². The van der Waals surface area contributed by atoms with Crippen molar-refractivity contribution in [2.24, 2.45) is 0 Å². The molecule has 112 valence electrons. The van der Waals surface area contributed by atoms with E-state index in [4.69, 9.17) is 4.74 Å². The predicted octanol–water partition coefficient (Wildman–Crippen LogP) is 3.45. The number of nitro groups is 1. The number of anilines is 1. The minimum absolute atomic E-state index is 0.0272. The Morgan fingerprint density at radius 2 is 2.05 bits per heavy atom. The molecule has 20 heavy (non-hydrogen) atoms. The number of hydrogen-bond donors (Lipinski definition) is 1. The van der Waals surface area contributed by atoms with Gasteiger partial charge in [0.05, 0.1) is 17.6 Å². The summed E-state index contributed by atoms with van der Waals surface area (Å²) in [7, 11) is 0.